The van der Waals surface area contributed by atoms with Crippen LogP contribution < -0.4 is 5.73 Å². The molecule has 0 aromatic rings. The fraction of sp³-hybridized carbons (Fsp3) is 1.00. The fourth-order valence-electron chi connectivity index (χ4n) is 2.23. The standard InChI is InChI=1S/C10H22N2/c1-9(8-11)12-7-5-4-6-10(12,2)3/h9H,4-8,11H2,1-3H3. The normalized spacial score (nSPS) is 27.0. The Morgan fingerprint density at radius 2 is 2.08 bits per heavy atom. The quantitative estimate of drug-likeness (QED) is 0.682. The van der Waals surface area contributed by atoms with Crippen LogP contribution in [0.15, 0.2) is 0 Å². The molecule has 1 atom stereocenters. The molecular weight excluding hydrogens is 148 g/mol. The first-order chi connectivity index (χ1) is 5.58. The molecule has 0 amide bonds. The van der Waals surface area contributed by atoms with Crippen molar-refractivity contribution < 1.29 is 0 Å². The predicted molar refractivity (Wildman–Crippen MR) is 53.2 cm³/mol. The molecular formula is C10H22N2. The number of hydrogen-bond acceptors (Lipinski definition) is 2. The van der Waals surface area contributed by atoms with E-state index >= 15 is 0 Å². The topological polar surface area (TPSA) is 29.3 Å². The number of nitrogens with zero attached hydrogens (tertiary/aromatic N) is 1. The zero-order valence-corrected chi connectivity index (χ0v) is 8.64. The van der Waals surface area contributed by atoms with E-state index in [1.165, 1.54) is 25.8 Å². The summed E-state index contributed by atoms with van der Waals surface area (Å²) in [6.07, 6.45) is 4.03. The van der Waals surface area contributed by atoms with Gasteiger partial charge in [0.2, 0.25) is 0 Å². The van der Waals surface area contributed by atoms with Crippen molar-refractivity contribution in [2.75, 3.05) is 13.1 Å². The molecule has 2 heteroatoms. The highest BCUT2D eigenvalue weighted by molar-refractivity contribution is 4.88. The van der Waals surface area contributed by atoms with Gasteiger partial charge in [-0.2, -0.15) is 0 Å². The van der Waals surface area contributed by atoms with Gasteiger partial charge >= 0.3 is 0 Å². The Morgan fingerprint density at radius 1 is 1.42 bits per heavy atom. The maximum absolute atomic E-state index is 5.68. The SMILES string of the molecule is CC(CN)N1CCCCC1(C)C. The van der Waals surface area contributed by atoms with E-state index in [0.717, 1.165) is 6.54 Å². The van der Waals surface area contributed by atoms with Crippen molar-refractivity contribution in [3.05, 3.63) is 0 Å². The number of rotatable bonds is 2. The van der Waals surface area contributed by atoms with Crippen molar-refractivity contribution in [2.24, 2.45) is 5.73 Å². The van der Waals surface area contributed by atoms with Crippen molar-refractivity contribution in [2.45, 2.75) is 51.6 Å². The van der Waals surface area contributed by atoms with E-state index in [-0.39, 0.29) is 0 Å². The van der Waals surface area contributed by atoms with Crippen molar-refractivity contribution in [1.82, 2.24) is 4.90 Å². The summed E-state index contributed by atoms with van der Waals surface area (Å²) in [5, 5.41) is 0. The third-order valence-corrected chi connectivity index (χ3v) is 3.09. The maximum atomic E-state index is 5.68. The Kier molecular flexibility index (Phi) is 3.13. The number of piperidine rings is 1. The van der Waals surface area contributed by atoms with Gasteiger partial charge in [-0.3, -0.25) is 4.90 Å². The summed E-state index contributed by atoms with van der Waals surface area (Å²) in [4.78, 5) is 2.55. The van der Waals surface area contributed by atoms with Gasteiger partial charge in [0.05, 0.1) is 0 Å². The van der Waals surface area contributed by atoms with Crippen LogP contribution in [0.3, 0.4) is 0 Å². The fourth-order valence-corrected chi connectivity index (χ4v) is 2.23. The Hall–Kier alpha value is -0.0800. The summed E-state index contributed by atoms with van der Waals surface area (Å²) in [5.74, 6) is 0. The van der Waals surface area contributed by atoms with Gasteiger partial charge in [0, 0.05) is 18.1 Å². The van der Waals surface area contributed by atoms with E-state index in [1.807, 2.05) is 0 Å². The third-order valence-electron chi connectivity index (χ3n) is 3.09. The Labute approximate surface area is 76.1 Å². The maximum Gasteiger partial charge on any atom is 0.0195 e. The Morgan fingerprint density at radius 3 is 2.58 bits per heavy atom. The lowest BCUT2D eigenvalue weighted by atomic mass is 9.89. The van der Waals surface area contributed by atoms with Crippen LogP contribution in [0, 0.1) is 0 Å². The molecule has 0 spiro atoms. The van der Waals surface area contributed by atoms with Crippen LogP contribution in [-0.2, 0) is 0 Å². The lowest BCUT2D eigenvalue weighted by molar-refractivity contribution is 0.0433. The molecule has 2 nitrogen and oxygen atoms in total. The first-order valence-electron chi connectivity index (χ1n) is 5.05. The zero-order valence-electron chi connectivity index (χ0n) is 8.64. The molecule has 1 aliphatic rings. The molecule has 1 unspecified atom stereocenters. The first kappa shape index (κ1) is 10.0. The molecule has 1 rings (SSSR count). The molecule has 1 fully saturated rings. The summed E-state index contributed by atoms with van der Waals surface area (Å²) >= 11 is 0. The van der Waals surface area contributed by atoms with Gasteiger partial charge in [-0.1, -0.05) is 6.42 Å². The lowest BCUT2D eigenvalue weighted by Gasteiger charge is -2.45. The third kappa shape index (κ3) is 1.99. The summed E-state index contributed by atoms with van der Waals surface area (Å²) in [6, 6.07) is 0.542. The van der Waals surface area contributed by atoms with Crippen LogP contribution in [0.1, 0.15) is 40.0 Å². The highest BCUT2D eigenvalue weighted by Crippen LogP contribution is 2.28. The summed E-state index contributed by atoms with van der Waals surface area (Å²) in [5.41, 5.74) is 6.05. The minimum absolute atomic E-state index is 0.372. The van der Waals surface area contributed by atoms with E-state index in [1.54, 1.807) is 0 Å². The molecule has 1 heterocycles. The van der Waals surface area contributed by atoms with Gasteiger partial charge in [0.1, 0.15) is 0 Å². The van der Waals surface area contributed by atoms with Crippen molar-refractivity contribution in [1.29, 1.82) is 0 Å². The van der Waals surface area contributed by atoms with E-state index in [4.69, 9.17) is 5.73 Å². The first-order valence-corrected chi connectivity index (χ1v) is 5.05. The van der Waals surface area contributed by atoms with Crippen molar-refractivity contribution in [3.8, 4) is 0 Å². The highest BCUT2D eigenvalue weighted by atomic mass is 15.2. The Bertz CT molecular complexity index is 143. The van der Waals surface area contributed by atoms with Crippen LogP contribution in [0.5, 0.6) is 0 Å². The minimum Gasteiger partial charge on any atom is -0.329 e. The summed E-state index contributed by atoms with van der Waals surface area (Å²) in [6.45, 7) is 8.90. The van der Waals surface area contributed by atoms with Gasteiger partial charge in [0.15, 0.2) is 0 Å². The van der Waals surface area contributed by atoms with Gasteiger partial charge < -0.3 is 5.73 Å². The van der Waals surface area contributed by atoms with Crippen LogP contribution in [0.2, 0.25) is 0 Å². The van der Waals surface area contributed by atoms with Crippen LogP contribution in [0.4, 0.5) is 0 Å². The summed E-state index contributed by atoms with van der Waals surface area (Å²) < 4.78 is 0. The molecule has 1 saturated heterocycles. The number of likely N-dealkylation sites (tertiary alicyclic amines) is 1. The molecule has 12 heavy (non-hydrogen) atoms. The number of nitrogens with two attached hydrogens (primary N) is 1. The largest absolute Gasteiger partial charge is 0.329 e. The molecule has 0 aromatic heterocycles. The Balaban J connectivity index is 2.59. The van der Waals surface area contributed by atoms with E-state index in [9.17, 15) is 0 Å². The minimum atomic E-state index is 0.372. The highest BCUT2D eigenvalue weighted by Gasteiger charge is 2.31. The predicted octanol–water partition coefficient (Wildman–Crippen LogP) is 1.60. The zero-order chi connectivity index (χ0) is 9.19. The molecule has 72 valence electrons. The molecule has 0 aromatic carbocycles. The van der Waals surface area contributed by atoms with E-state index < -0.39 is 0 Å². The molecule has 2 N–H and O–H groups in total. The number of hydrogen-bond donors (Lipinski definition) is 1. The molecule has 0 aliphatic carbocycles. The van der Waals surface area contributed by atoms with Gasteiger partial charge in [-0.25, -0.2) is 0 Å². The lowest BCUT2D eigenvalue weighted by Crippen LogP contribution is -2.53. The van der Waals surface area contributed by atoms with Crippen molar-refractivity contribution in [3.63, 3.8) is 0 Å². The molecule has 0 saturated carbocycles. The second-order valence-electron chi connectivity index (χ2n) is 4.55. The van der Waals surface area contributed by atoms with Crippen LogP contribution in [-0.4, -0.2) is 29.6 Å². The summed E-state index contributed by atoms with van der Waals surface area (Å²) in [7, 11) is 0. The second kappa shape index (κ2) is 3.75. The van der Waals surface area contributed by atoms with Crippen LogP contribution in [0.25, 0.3) is 0 Å². The van der Waals surface area contributed by atoms with Gasteiger partial charge in [-0.15, -0.1) is 0 Å². The van der Waals surface area contributed by atoms with Crippen molar-refractivity contribution >= 4 is 0 Å². The van der Waals surface area contributed by atoms with E-state index in [0.29, 0.717) is 11.6 Å². The van der Waals surface area contributed by atoms with Gasteiger partial charge in [-0.05, 0) is 40.2 Å². The van der Waals surface area contributed by atoms with E-state index in [2.05, 4.69) is 25.7 Å². The van der Waals surface area contributed by atoms with Gasteiger partial charge in [0.25, 0.3) is 0 Å². The average molecular weight is 170 g/mol. The molecule has 1 aliphatic heterocycles. The van der Waals surface area contributed by atoms with Crippen LogP contribution >= 0.6 is 0 Å². The molecule has 0 bridgehead atoms. The second-order valence-corrected chi connectivity index (χ2v) is 4.55. The molecule has 0 radical (unpaired) electrons. The average Bonchev–Trinajstić information content (AvgIpc) is 2.02. The smallest absolute Gasteiger partial charge is 0.0195 e. The monoisotopic (exact) mass is 170 g/mol.